The van der Waals surface area contributed by atoms with E-state index in [0.29, 0.717) is 24.9 Å². The molecule has 0 radical (unpaired) electrons. The number of rotatable bonds is 6. The molecule has 1 aliphatic carbocycles. The molecule has 1 saturated heterocycles. The highest BCUT2D eigenvalue weighted by atomic mass is 32.1. The van der Waals surface area contributed by atoms with Gasteiger partial charge in [0.2, 0.25) is 5.91 Å². The molecule has 0 spiro atoms. The fourth-order valence-electron chi connectivity index (χ4n) is 4.13. The lowest BCUT2D eigenvalue weighted by atomic mass is 9.84. The maximum absolute atomic E-state index is 12.8. The average molecular weight is 349 g/mol. The molecule has 1 aromatic heterocycles. The molecule has 1 saturated carbocycles. The van der Waals surface area contributed by atoms with Gasteiger partial charge in [-0.25, -0.2) is 0 Å². The second-order valence-corrected chi connectivity index (χ2v) is 8.03. The molecule has 1 aliphatic heterocycles. The third-order valence-electron chi connectivity index (χ3n) is 5.45. The number of hydrogen-bond acceptors (Lipinski definition) is 4. The number of likely N-dealkylation sites (tertiary alicyclic amines) is 1. The van der Waals surface area contributed by atoms with E-state index in [-0.39, 0.29) is 17.7 Å². The second kappa shape index (κ2) is 8.26. The van der Waals surface area contributed by atoms with Crippen LogP contribution in [0.15, 0.2) is 17.5 Å². The monoisotopic (exact) mass is 349 g/mol. The van der Waals surface area contributed by atoms with Crippen LogP contribution >= 0.6 is 11.3 Å². The van der Waals surface area contributed by atoms with Gasteiger partial charge in [0.1, 0.15) is 0 Å². The highest BCUT2D eigenvalue weighted by Gasteiger charge is 2.33. The van der Waals surface area contributed by atoms with Crippen LogP contribution < -0.4 is 0 Å². The molecule has 3 atom stereocenters. The standard InChI is InChI=1S/C19H27NO3S/c1-23-16-7-2-5-14(11-16)12-19(22)20-9-3-6-15(20)13-17(21)18-8-4-10-24-18/h4,8,10,14-16H,2-3,5-7,9,11-13H2,1H3. The summed E-state index contributed by atoms with van der Waals surface area (Å²) in [5.74, 6) is 0.843. The van der Waals surface area contributed by atoms with Gasteiger partial charge in [0.15, 0.2) is 5.78 Å². The highest BCUT2D eigenvalue weighted by Crippen LogP contribution is 2.31. The van der Waals surface area contributed by atoms with Gasteiger partial charge in [0.05, 0.1) is 11.0 Å². The number of carbonyl (C=O) groups excluding carboxylic acids is 2. The van der Waals surface area contributed by atoms with E-state index in [9.17, 15) is 9.59 Å². The first kappa shape index (κ1) is 17.6. The second-order valence-electron chi connectivity index (χ2n) is 7.08. The van der Waals surface area contributed by atoms with E-state index in [4.69, 9.17) is 4.74 Å². The molecule has 3 unspecified atom stereocenters. The fraction of sp³-hybridized carbons (Fsp3) is 0.684. The van der Waals surface area contributed by atoms with Crippen molar-refractivity contribution in [2.45, 2.75) is 63.5 Å². The molecule has 4 nitrogen and oxygen atoms in total. The van der Waals surface area contributed by atoms with Crippen molar-refractivity contribution in [3.8, 4) is 0 Å². The van der Waals surface area contributed by atoms with Crippen molar-refractivity contribution in [1.82, 2.24) is 4.90 Å². The van der Waals surface area contributed by atoms with Gasteiger partial charge >= 0.3 is 0 Å². The zero-order chi connectivity index (χ0) is 16.9. The lowest BCUT2D eigenvalue weighted by Crippen LogP contribution is -2.38. The Morgan fingerprint density at radius 3 is 2.88 bits per heavy atom. The van der Waals surface area contributed by atoms with Crippen LogP contribution in [-0.2, 0) is 9.53 Å². The summed E-state index contributed by atoms with van der Waals surface area (Å²) in [6.07, 6.45) is 7.74. The zero-order valence-corrected chi connectivity index (χ0v) is 15.2. The van der Waals surface area contributed by atoms with Crippen molar-refractivity contribution in [2.75, 3.05) is 13.7 Å². The number of thiophene rings is 1. The van der Waals surface area contributed by atoms with E-state index in [2.05, 4.69) is 0 Å². The molecule has 0 aromatic carbocycles. The number of methoxy groups -OCH3 is 1. The van der Waals surface area contributed by atoms with Crippen molar-refractivity contribution in [3.05, 3.63) is 22.4 Å². The lowest BCUT2D eigenvalue weighted by Gasteiger charge is -2.30. The van der Waals surface area contributed by atoms with Gasteiger partial charge in [0, 0.05) is 32.5 Å². The largest absolute Gasteiger partial charge is 0.381 e. The van der Waals surface area contributed by atoms with E-state index in [1.54, 1.807) is 7.11 Å². The topological polar surface area (TPSA) is 46.6 Å². The van der Waals surface area contributed by atoms with Crippen LogP contribution in [0.25, 0.3) is 0 Å². The number of carbonyl (C=O) groups is 2. The van der Waals surface area contributed by atoms with Crippen LogP contribution in [0.3, 0.4) is 0 Å². The van der Waals surface area contributed by atoms with Crippen molar-refractivity contribution >= 4 is 23.0 Å². The molecule has 0 N–H and O–H groups in total. The number of nitrogens with zero attached hydrogens (tertiary/aromatic N) is 1. The summed E-state index contributed by atoms with van der Waals surface area (Å²) < 4.78 is 5.48. The van der Waals surface area contributed by atoms with Crippen LogP contribution in [0.5, 0.6) is 0 Å². The molecule has 1 amide bonds. The summed E-state index contributed by atoms with van der Waals surface area (Å²) in [5.41, 5.74) is 0. The summed E-state index contributed by atoms with van der Waals surface area (Å²) in [7, 11) is 1.77. The predicted molar refractivity (Wildman–Crippen MR) is 95.4 cm³/mol. The lowest BCUT2D eigenvalue weighted by molar-refractivity contribution is -0.133. The van der Waals surface area contributed by atoms with Crippen molar-refractivity contribution in [2.24, 2.45) is 5.92 Å². The molecule has 2 heterocycles. The van der Waals surface area contributed by atoms with Gasteiger partial charge < -0.3 is 9.64 Å². The SMILES string of the molecule is COC1CCCC(CC(=O)N2CCCC2CC(=O)c2cccs2)C1. The molecule has 0 bridgehead atoms. The Morgan fingerprint density at radius 2 is 2.12 bits per heavy atom. The molecule has 132 valence electrons. The van der Waals surface area contributed by atoms with Gasteiger partial charge in [-0.1, -0.05) is 12.5 Å². The van der Waals surface area contributed by atoms with Gasteiger partial charge in [-0.3, -0.25) is 9.59 Å². The summed E-state index contributed by atoms with van der Waals surface area (Å²) in [6.45, 7) is 0.807. The maximum Gasteiger partial charge on any atom is 0.223 e. The van der Waals surface area contributed by atoms with Crippen LogP contribution in [0.2, 0.25) is 0 Å². The van der Waals surface area contributed by atoms with Crippen molar-refractivity contribution < 1.29 is 14.3 Å². The van der Waals surface area contributed by atoms with Crippen LogP contribution in [0.1, 0.15) is 61.0 Å². The summed E-state index contributed by atoms with van der Waals surface area (Å²) >= 11 is 1.49. The molecular weight excluding hydrogens is 322 g/mol. The minimum absolute atomic E-state index is 0.0916. The normalized spacial score (nSPS) is 27.4. The Labute approximate surface area is 148 Å². The quantitative estimate of drug-likeness (QED) is 0.732. The predicted octanol–water partition coefficient (Wildman–Crippen LogP) is 3.91. The van der Waals surface area contributed by atoms with E-state index >= 15 is 0 Å². The first-order chi connectivity index (χ1) is 11.7. The molecule has 2 fully saturated rings. The number of Topliss-reactive ketones (excluding diaryl/α,β-unsaturated/α-hetero) is 1. The molecule has 3 rings (SSSR count). The summed E-state index contributed by atoms with van der Waals surface area (Å²) in [6, 6.07) is 3.88. The number of ether oxygens (including phenoxy) is 1. The minimum Gasteiger partial charge on any atom is -0.381 e. The molecule has 2 aliphatic rings. The van der Waals surface area contributed by atoms with E-state index in [0.717, 1.165) is 49.9 Å². The summed E-state index contributed by atoms with van der Waals surface area (Å²) in [5, 5.41) is 1.93. The fourth-order valence-corrected chi connectivity index (χ4v) is 4.81. The van der Waals surface area contributed by atoms with E-state index in [1.165, 1.54) is 11.3 Å². The first-order valence-electron chi connectivity index (χ1n) is 9.06. The van der Waals surface area contributed by atoms with Gasteiger partial charge in [-0.2, -0.15) is 0 Å². The van der Waals surface area contributed by atoms with Crippen molar-refractivity contribution in [3.63, 3.8) is 0 Å². The van der Waals surface area contributed by atoms with Crippen LogP contribution in [-0.4, -0.2) is 42.4 Å². The number of amides is 1. The third-order valence-corrected chi connectivity index (χ3v) is 6.36. The Morgan fingerprint density at radius 1 is 1.25 bits per heavy atom. The molecular formula is C19H27NO3S. The Balaban J connectivity index is 1.54. The Bertz CT molecular complexity index is 557. The van der Waals surface area contributed by atoms with Gasteiger partial charge in [0.25, 0.3) is 0 Å². The summed E-state index contributed by atoms with van der Waals surface area (Å²) in [4.78, 5) is 27.9. The zero-order valence-electron chi connectivity index (χ0n) is 14.4. The van der Waals surface area contributed by atoms with Crippen molar-refractivity contribution in [1.29, 1.82) is 0 Å². The van der Waals surface area contributed by atoms with Gasteiger partial charge in [-0.15, -0.1) is 11.3 Å². The van der Waals surface area contributed by atoms with E-state index < -0.39 is 0 Å². The smallest absolute Gasteiger partial charge is 0.223 e. The highest BCUT2D eigenvalue weighted by molar-refractivity contribution is 7.12. The maximum atomic E-state index is 12.8. The van der Waals surface area contributed by atoms with Crippen LogP contribution in [0, 0.1) is 5.92 Å². The van der Waals surface area contributed by atoms with Crippen LogP contribution in [0.4, 0.5) is 0 Å². The Kier molecular flexibility index (Phi) is 6.06. The molecule has 5 heteroatoms. The minimum atomic E-state index is 0.0916. The third kappa shape index (κ3) is 4.25. The first-order valence-corrected chi connectivity index (χ1v) is 9.94. The average Bonchev–Trinajstić information content (AvgIpc) is 3.26. The number of hydrogen-bond donors (Lipinski definition) is 0. The molecule has 1 aromatic rings. The van der Waals surface area contributed by atoms with E-state index in [1.807, 2.05) is 22.4 Å². The Hall–Kier alpha value is -1.20. The number of ketones is 1. The van der Waals surface area contributed by atoms with Gasteiger partial charge in [-0.05, 0) is 49.5 Å². The molecule has 24 heavy (non-hydrogen) atoms.